The highest BCUT2D eigenvalue weighted by Crippen LogP contribution is 2.46. The molecule has 192 valence electrons. The molecule has 6 atom stereocenters. The molecule has 0 spiro atoms. The molecular formula is C23H24N2O11. The highest BCUT2D eigenvalue weighted by molar-refractivity contribution is 6.11. The van der Waals surface area contributed by atoms with Gasteiger partial charge in [-0.25, -0.2) is 0 Å². The number of carbonyl (C=O) groups excluding carboxylic acids is 2. The van der Waals surface area contributed by atoms with Crippen molar-refractivity contribution >= 4 is 17.5 Å². The van der Waals surface area contributed by atoms with Crippen LogP contribution in [0.3, 0.4) is 0 Å². The number of benzene rings is 1. The van der Waals surface area contributed by atoms with Crippen LogP contribution in [-0.2, 0) is 28.6 Å². The number of methoxy groups -OCH3 is 1. The number of aliphatic hydroxyl groups is 1. The van der Waals surface area contributed by atoms with Crippen molar-refractivity contribution in [2.24, 2.45) is 10.9 Å². The normalized spacial score (nSPS) is 32.7. The number of aliphatic imine (C=N–C) groups is 1. The van der Waals surface area contributed by atoms with E-state index in [9.17, 15) is 24.8 Å². The molecule has 13 nitrogen and oxygen atoms in total. The maximum Gasteiger partial charge on any atom is 0.315 e. The van der Waals surface area contributed by atoms with Crippen LogP contribution in [0.25, 0.3) is 0 Å². The molecule has 1 N–H and O–H groups in total. The molecule has 4 heterocycles. The zero-order chi connectivity index (χ0) is 25.8. The first kappa shape index (κ1) is 24.2. The molecule has 0 aromatic heterocycles. The van der Waals surface area contributed by atoms with Gasteiger partial charge in [-0.15, -0.1) is 10.1 Å². The lowest BCUT2D eigenvalue weighted by atomic mass is 9.71. The number of esters is 1. The topological polar surface area (TPSA) is 165 Å². The van der Waals surface area contributed by atoms with Crippen molar-refractivity contribution in [3.05, 3.63) is 45.1 Å². The van der Waals surface area contributed by atoms with Crippen LogP contribution in [0.15, 0.2) is 34.5 Å². The summed E-state index contributed by atoms with van der Waals surface area (Å²) in [5.41, 5.74) is -0.834. The minimum absolute atomic E-state index is 0.0376. The van der Waals surface area contributed by atoms with Gasteiger partial charge in [-0.2, -0.15) is 0 Å². The predicted molar refractivity (Wildman–Crippen MR) is 118 cm³/mol. The summed E-state index contributed by atoms with van der Waals surface area (Å²) in [7, 11) is 1.24. The van der Waals surface area contributed by atoms with Crippen molar-refractivity contribution in [2.45, 2.75) is 43.7 Å². The highest BCUT2D eigenvalue weighted by Gasteiger charge is 2.62. The number of fused-ring (bicyclic) bond motifs is 2. The van der Waals surface area contributed by atoms with Crippen LogP contribution < -0.4 is 9.47 Å². The summed E-state index contributed by atoms with van der Waals surface area (Å²) in [6.45, 7) is 2.59. The van der Waals surface area contributed by atoms with E-state index >= 15 is 0 Å². The third kappa shape index (κ3) is 3.70. The number of Topliss-reactive ketones (excluding diaryl/α,β-unsaturated/α-hetero) is 1. The van der Waals surface area contributed by atoms with Crippen molar-refractivity contribution in [1.29, 1.82) is 0 Å². The third-order valence-electron chi connectivity index (χ3n) is 6.97. The lowest BCUT2D eigenvalue weighted by Crippen LogP contribution is -2.53. The van der Waals surface area contributed by atoms with Crippen molar-refractivity contribution in [3.63, 3.8) is 0 Å². The van der Waals surface area contributed by atoms with Gasteiger partial charge in [0.15, 0.2) is 29.0 Å². The summed E-state index contributed by atoms with van der Waals surface area (Å²) in [4.78, 5) is 46.8. The van der Waals surface area contributed by atoms with Gasteiger partial charge >= 0.3 is 5.97 Å². The Morgan fingerprint density at radius 3 is 2.69 bits per heavy atom. The molecule has 0 aliphatic carbocycles. The summed E-state index contributed by atoms with van der Waals surface area (Å²) < 4.78 is 27.0. The zero-order valence-electron chi connectivity index (χ0n) is 19.7. The van der Waals surface area contributed by atoms with E-state index < -0.39 is 59.2 Å². The number of carbonyl (C=O) groups is 2. The largest absolute Gasteiger partial charge is 0.468 e. The average Bonchev–Trinajstić information content (AvgIpc) is 3.55. The Bertz CT molecular complexity index is 1190. The molecule has 0 radical (unpaired) electrons. The van der Waals surface area contributed by atoms with Gasteiger partial charge in [-0.3, -0.25) is 14.6 Å². The molecule has 4 aliphatic rings. The summed E-state index contributed by atoms with van der Waals surface area (Å²) >= 11 is 0. The van der Waals surface area contributed by atoms with Gasteiger partial charge in [0.2, 0.25) is 6.79 Å². The molecule has 13 heteroatoms. The Balaban J connectivity index is 1.57. The number of ketones is 1. The Morgan fingerprint density at radius 1 is 1.22 bits per heavy atom. The number of rotatable bonds is 6. The van der Waals surface area contributed by atoms with Crippen LogP contribution in [0.5, 0.6) is 11.5 Å². The van der Waals surface area contributed by atoms with Gasteiger partial charge in [-0.05, 0) is 31.5 Å². The molecule has 1 aromatic rings. The summed E-state index contributed by atoms with van der Waals surface area (Å²) in [6, 6.07) is 5.05. The summed E-state index contributed by atoms with van der Waals surface area (Å²) in [6.07, 6.45) is -3.34. The minimum atomic E-state index is -2.19. The van der Waals surface area contributed by atoms with Crippen LogP contribution in [0.4, 0.5) is 0 Å². The van der Waals surface area contributed by atoms with E-state index in [1.165, 1.54) is 7.11 Å². The quantitative estimate of drug-likeness (QED) is 0.329. The number of nitrogens with zero attached hydrogens (tertiary/aromatic N) is 2. The first-order valence-electron chi connectivity index (χ1n) is 11.2. The van der Waals surface area contributed by atoms with E-state index in [0.29, 0.717) is 28.5 Å². The number of hydrogen-bond donors (Lipinski definition) is 1. The summed E-state index contributed by atoms with van der Waals surface area (Å²) in [5.74, 6) is -2.25. The Morgan fingerprint density at radius 2 is 1.97 bits per heavy atom. The first-order valence-corrected chi connectivity index (χ1v) is 11.2. The molecule has 0 saturated carbocycles. The van der Waals surface area contributed by atoms with Gasteiger partial charge < -0.3 is 33.6 Å². The third-order valence-corrected chi connectivity index (χ3v) is 6.97. The van der Waals surface area contributed by atoms with Crippen molar-refractivity contribution in [3.8, 4) is 11.5 Å². The van der Waals surface area contributed by atoms with Crippen LogP contribution in [0, 0.1) is 16.0 Å². The molecule has 0 bridgehead atoms. The van der Waals surface area contributed by atoms with Crippen LogP contribution in [0.2, 0.25) is 0 Å². The molecule has 4 aliphatic heterocycles. The fraction of sp³-hybridized carbons (Fsp3) is 0.522. The van der Waals surface area contributed by atoms with Gasteiger partial charge in [0.05, 0.1) is 20.3 Å². The van der Waals surface area contributed by atoms with E-state index in [-0.39, 0.29) is 19.0 Å². The smallest absolute Gasteiger partial charge is 0.315 e. The van der Waals surface area contributed by atoms with Gasteiger partial charge in [0.1, 0.15) is 18.1 Å². The van der Waals surface area contributed by atoms with Crippen molar-refractivity contribution in [2.75, 3.05) is 27.1 Å². The SMILES string of the molecule is COC(=O)C1C(C)=NC(C)=C(C(=O)[C@@]2(O)CO[C@@H]3[C@@H](O[N+](=O)[O-])CO[C@@H]32)C1c1ccc2c(c1)OCO2. The zero-order valence-corrected chi connectivity index (χ0v) is 19.7. The second kappa shape index (κ2) is 8.84. The van der Waals surface area contributed by atoms with E-state index in [0.717, 1.165) is 0 Å². The lowest BCUT2D eigenvalue weighted by molar-refractivity contribution is -0.769. The van der Waals surface area contributed by atoms with Crippen LogP contribution in [0.1, 0.15) is 25.3 Å². The Kier molecular flexibility index (Phi) is 5.93. The summed E-state index contributed by atoms with van der Waals surface area (Å²) in [5, 5.41) is 21.4. The Hall–Kier alpha value is -3.55. The predicted octanol–water partition coefficient (Wildman–Crippen LogP) is 0.711. The van der Waals surface area contributed by atoms with Crippen molar-refractivity contribution < 1.29 is 48.3 Å². The molecular weight excluding hydrogens is 480 g/mol. The molecule has 2 fully saturated rings. The highest BCUT2D eigenvalue weighted by atomic mass is 17.0. The van der Waals surface area contributed by atoms with E-state index in [4.69, 9.17) is 23.7 Å². The standard InChI is InChI=1S/C23H24N2O11/c1-10-16(20(26)23(28)8-33-19-15(36-25(29)30)7-32-21(19)23)18(17(11(2)24-10)22(27)31-3)12-4-5-13-14(6-12)35-9-34-13/h4-6,15,17-19,21,28H,7-9H2,1-3H3/t15-,17?,18?,19+,21-,23-/m0/s1. The molecule has 1 aromatic carbocycles. The Labute approximate surface area is 204 Å². The van der Waals surface area contributed by atoms with Gasteiger partial charge in [0.25, 0.3) is 5.09 Å². The maximum absolute atomic E-state index is 14.1. The van der Waals surface area contributed by atoms with Gasteiger partial charge in [-0.1, -0.05) is 6.07 Å². The first-order chi connectivity index (χ1) is 17.2. The second-order valence-electron chi connectivity index (χ2n) is 8.99. The fourth-order valence-corrected chi connectivity index (χ4v) is 5.35. The molecule has 5 rings (SSSR count). The van der Waals surface area contributed by atoms with E-state index in [1.807, 2.05) is 0 Å². The van der Waals surface area contributed by atoms with Crippen LogP contribution >= 0.6 is 0 Å². The number of allylic oxidation sites excluding steroid dienone is 1. The van der Waals surface area contributed by atoms with E-state index in [2.05, 4.69) is 9.83 Å². The monoisotopic (exact) mass is 504 g/mol. The van der Waals surface area contributed by atoms with Crippen molar-refractivity contribution in [1.82, 2.24) is 0 Å². The molecule has 2 saturated heterocycles. The lowest BCUT2D eigenvalue weighted by Gasteiger charge is -2.35. The maximum atomic E-state index is 14.1. The van der Waals surface area contributed by atoms with Gasteiger partial charge in [0, 0.05) is 22.9 Å². The minimum Gasteiger partial charge on any atom is -0.468 e. The van der Waals surface area contributed by atoms with Crippen LogP contribution in [-0.4, -0.2) is 78.7 Å². The fourth-order valence-electron chi connectivity index (χ4n) is 5.35. The average molecular weight is 504 g/mol. The second-order valence-corrected chi connectivity index (χ2v) is 8.99. The number of hydrogen-bond acceptors (Lipinski definition) is 12. The number of ether oxygens (including phenoxy) is 5. The molecule has 0 amide bonds. The molecule has 2 unspecified atom stereocenters. The molecule has 36 heavy (non-hydrogen) atoms. The van der Waals surface area contributed by atoms with E-state index in [1.54, 1.807) is 32.0 Å².